The normalized spacial score (nSPS) is 10.4. The molecule has 0 saturated carbocycles. The molecule has 1 aromatic carbocycles. The van der Waals surface area contributed by atoms with Crippen LogP contribution in [0.2, 0.25) is 0 Å². The molecule has 2 aromatic rings. The van der Waals surface area contributed by atoms with E-state index in [0.717, 1.165) is 34.7 Å². The van der Waals surface area contributed by atoms with Crippen molar-refractivity contribution in [1.82, 2.24) is 0 Å². The molecule has 5 nitrogen and oxygen atoms in total. The third-order valence-corrected chi connectivity index (χ3v) is 4.52. The van der Waals surface area contributed by atoms with Gasteiger partial charge in [-0.2, -0.15) is 0 Å². The van der Waals surface area contributed by atoms with Gasteiger partial charge in [0.05, 0.1) is 8.71 Å². The van der Waals surface area contributed by atoms with Crippen LogP contribution in [0.4, 0.5) is 17.1 Å². The van der Waals surface area contributed by atoms with Gasteiger partial charge in [0, 0.05) is 41.5 Å². The number of thiophene rings is 1. The molecule has 7 heteroatoms. The molecule has 0 fully saturated rings. The molecule has 0 radical (unpaired) electrons. The Hall–Kier alpha value is -1.60. The van der Waals surface area contributed by atoms with Crippen molar-refractivity contribution in [3.8, 4) is 0 Å². The number of anilines is 2. The summed E-state index contributed by atoms with van der Waals surface area (Å²) in [6, 6.07) is 9.10. The number of nitro benzene ring substituents is 1. The van der Waals surface area contributed by atoms with Crippen molar-refractivity contribution in [1.29, 1.82) is 0 Å². The first-order chi connectivity index (χ1) is 10.1. The van der Waals surface area contributed by atoms with Gasteiger partial charge in [0.25, 0.3) is 5.69 Å². The highest BCUT2D eigenvalue weighted by Crippen LogP contribution is 2.25. The maximum atomic E-state index is 11.0. The van der Waals surface area contributed by atoms with E-state index in [1.807, 2.05) is 19.1 Å². The number of benzene rings is 1. The van der Waals surface area contributed by atoms with Gasteiger partial charge < -0.3 is 10.6 Å². The zero-order valence-electron chi connectivity index (χ0n) is 11.6. The molecule has 0 amide bonds. The van der Waals surface area contributed by atoms with Crippen LogP contribution in [-0.4, -0.2) is 18.0 Å². The monoisotopic (exact) mass is 369 g/mol. The fourth-order valence-electron chi connectivity index (χ4n) is 1.94. The van der Waals surface area contributed by atoms with E-state index in [0.29, 0.717) is 0 Å². The second-order valence-electron chi connectivity index (χ2n) is 4.44. The second kappa shape index (κ2) is 7.42. The summed E-state index contributed by atoms with van der Waals surface area (Å²) in [5.41, 5.74) is 1.61. The molecule has 0 unspecified atom stereocenters. The highest BCUT2D eigenvalue weighted by Gasteiger charge is 2.09. The number of hydrogen-bond acceptors (Lipinski definition) is 5. The largest absolute Gasteiger partial charge is 0.385 e. The smallest absolute Gasteiger partial charge is 0.273 e. The summed E-state index contributed by atoms with van der Waals surface area (Å²) >= 11 is 5.13. The Morgan fingerprint density at radius 3 is 2.52 bits per heavy atom. The van der Waals surface area contributed by atoms with Crippen LogP contribution in [0.5, 0.6) is 0 Å². The van der Waals surface area contributed by atoms with E-state index in [1.165, 1.54) is 4.88 Å². The lowest BCUT2D eigenvalue weighted by Gasteiger charge is -2.09. The van der Waals surface area contributed by atoms with Gasteiger partial charge in [-0.25, -0.2) is 0 Å². The zero-order chi connectivity index (χ0) is 15.2. The van der Waals surface area contributed by atoms with Gasteiger partial charge in [-0.05, 0) is 47.5 Å². The Bertz CT molecular complexity index is 630. The Kier molecular flexibility index (Phi) is 5.58. The van der Waals surface area contributed by atoms with Gasteiger partial charge in [-0.1, -0.05) is 0 Å². The second-order valence-corrected chi connectivity index (χ2v) is 6.99. The van der Waals surface area contributed by atoms with Gasteiger partial charge in [-0.3, -0.25) is 10.1 Å². The van der Waals surface area contributed by atoms with E-state index in [4.69, 9.17) is 0 Å². The lowest BCUT2D eigenvalue weighted by molar-refractivity contribution is -0.384. The van der Waals surface area contributed by atoms with E-state index in [9.17, 15) is 10.1 Å². The van der Waals surface area contributed by atoms with Gasteiger partial charge in [0.2, 0.25) is 0 Å². The molecule has 2 rings (SSSR count). The van der Waals surface area contributed by atoms with Gasteiger partial charge >= 0.3 is 0 Å². The van der Waals surface area contributed by atoms with E-state index in [2.05, 4.69) is 32.6 Å². The lowest BCUT2D eigenvalue weighted by Crippen LogP contribution is -2.05. The molecule has 0 aliphatic heterocycles. The summed E-state index contributed by atoms with van der Waals surface area (Å²) in [4.78, 5) is 11.9. The molecule has 21 heavy (non-hydrogen) atoms. The van der Waals surface area contributed by atoms with Crippen LogP contribution in [0.1, 0.15) is 11.8 Å². The van der Waals surface area contributed by atoms with Crippen LogP contribution >= 0.6 is 27.3 Å². The SMILES string of the molecule is CCNc1cc(NCCc2ccc(Br)s2)cc([N+](=O)[O-])c1. The molecule has 0 spiro atoms. The fourth-order valence-corrected chi connectivity index (χ4v) is 3.42. The van der Waals surface area contributed by atoms with Crippen LogP contribution in [0.25, 0.3) is 0 Å². The van der Waals surface area contributed by atoms with E-state index in [1.54, 1.807) is 23.5 Å². The van der Waals surface area contributed by atoms with E-state index < -0.39 is 0 Å². The van der Waals surface area contributed by atoms with Crippen molar-refractivity contribution >= 4 is 44.3 Å². The van der Waals surface area contributed by atoms with Crippen molar-refractivity contribution in [3.05, 3.63) is 49.1 Å². The van der Waals surface area contributed by atoms with Crippen molar-refractivity contribution in [3.63, 3.8) is 0 Å². The molecule has 1 heterocycles. The summed E-state index contributed by atoms with van der Waals surface area (Å²) in [6.45, 7) is 3.42. The summed E-state index contributed by atoms with van der Waals surface area (Å²) in [7, 11) is 0. The third kappa shape index (κ3) is 4.71. The van der Waals surface area contributed by atoms with Crippen molar-refractivity contribution in [2.24, 2.45) is 0 Å². The molecule has 0 saturated heterocycles. The lowest BCUT2D eigenvalue weighted by atomic mass is 10.2. The average Bonchev–Trinajstić information content (AvgIpc) is 2.84. The summed E-state index contributed by atoms with van der Waals surface area (Å²) < 4.78 is 1.11. The number of halogens is 1. The number of nitro groups is 1. The Morgan fingerprint density at radius 1 is 1.24 bits per heavy atom. The predicted octanol–water partition coefficient (Wildman–Crippen LogP) is 4.51. The van der Waals surface area contributed by atoms with Gasteiger partial charge in [0.15, 0.2) is 0 Å². The van der Waals surface area contributed by atoms with E-state index >= 15 is 0 Å². The third-order valence-electron chi connectivity index (χ3n) is 2.84. The van der Waals surface area contributed by atoms with Crippen molar-refractivity contribution in [2.75, 3.05) is 23.7 Å². The summed E-state index contributed by atoms with van der Waals surface area (Å²) in [5.74, 6) is 0. The van der Waals surface area contributed by atoms with Crippen LogP contribution in [0.15, 0.2) is 34.1 Å². The molecule has 0 aliphatic carbocycles. The Balaban J connectivity index is 2.02. The van der Waals surface area contributed by atoms with Crippen LogP contribution in [0.3, 0.4) is 0 Å². The predicted molar refractivity (Wildman–Crippen MR) is 91.5 cm³/mol. The van der Waals surface area contributed by atoms with Gasteiger partial charge in [0.1, 0.15) is 0 Å². The molecule has 112 valence electrons. The first-order valence-electron chi connectivity index (χ1n) is 6.60. The van der Waals surface area contributed by atoms with Crippen molar-refractivity contribution in [2.45, 2.75) is 13.3 Å². The molecule has 2 N–H and O–H groups in total. The number of non-ortho nitro benzene ring substituents is 1. The molecule has 0 aliphatic rings. The Morgan fingerprint density at radius 2 is 1.95 bits per heavy atom. The maximum absolute atomic E-state index is 11.0. The van der Waals surface area contributed by atoms with Crippen LogP contribution in [-0.2, 0) is 6.42 Å². The standard InChI is InChI=1S/C14H16BrN3O2S/c1-2-16-10-7-11(9-12(8-10)18(19)20)17-6-5-13-3-4-14(15)21-13/h3-4,7-9,16-17H,2,5-6H2,1H3. The summed E-state index contributed by atoms with van der Waals surface area (Å²) in [6.07, 6.45) is 0.884. The number of nitrogens with zero attached hydrogens (tertiary/aromatic N) is 1. The topological polar surface area (TPSA) is 67.2 Å². The molecular formula is C14H16BrN3O2S. The number of hydrogen-bond donors (Lipinski definition) is 2. The fraction of sp³-hybridized carbons (Fsp3) is 0.286. The molecule has 0 atom stereocenters. The minimum atomic E-state index is -0.373. The first kappa shape index (κ1) is 15.8. The quantitative estimate of drug-likeness (QED) is 0.556. The number of rotatable bonds is 7. The highest BCUT2D eigenvalue weighted by molar-refractivity contribution is 9.11. The average molecular weight is 370 g/mol. The highest BCUT2D eigenvalue weighted by atomic mass is 79.9. The Labute approximate surface area is 135 Å². The van der Waals surface area contributed by atoms with Crippen LogP contribution in [0, 0.1) is 10.1 Å². The van der Waals surface area contributed by atoms with Crippen molar-refractivity contribution < 1.29 is 4.92 Å². The minimum Gasteiger partial charge on any atom is -0.385 e. The molecule has 0 bridgehead atoms. The summed E-state index contributed by atoms with van der Waals surface area (Å²) in [5, 5.41) is 17.3. The first-order valence-corrected chi connectivity index (χ1v) is 8.21. The molecule has 1 aromatic heterocycles. The number of nitrogens with one attached hydrogen (secondary N) is 2. The molecular weight excluding hydrogens is 354 g/mol. The maximum Gasteiger partial charge on any atom is 0.273 e. The minimum absolute atomic E-state index is 0.0924. The van der Waals surface area contributed by atoms with E-state index in [-0.39, 0.29) is 10.6 Å². The zero-order valence-corrected chi connectivity index (χ0v) is 14.0. The van der Waals surface area contributed by atoms with Gasteiger partial charge in [-0.15, -0.1) is 11.3 Å². The van der Waals surface area contributed by atoms with Crippen LogP contribution < -0.4 is 10.6 Å².